The molecule has 0 aliphatic heterocycles. The third-order valence-electron chi connectivity index (χ3n) is 4.99. The molecular formula is C25H23NO3. The number of benzene rings is 3. The van der Waals surface area contributed by atoms with E-state index in [-0.39, 0.29) is 17.8 Å². The molecule has 3 aromatic rings. The summed E-state index contributed by atoms with van der Waals surface area (Å²) in [6.45, 7) is 3.99. The Hall–Kier alpha value is -3.40. The van der Waals surface area contributed by atoms with E-state index in [0.29, 0.717) is 29.7 Å². The van der Waals surface area contributed by atoms with Crippen LogP contribution in [-0.2, 0) is 6.42 Å². The predicted octanol–water partition coefficient (Wildman–Crippen LogP) is 5.52. The van der Waals surface area contributed by atoms with Gasteiger partial charge in [-0.25, -0.2) is 0 Å². The van der Waals surface area contributed by atoms with Gasteiger partial charge in [0.15, 0.2) is 5.78 Å². The van der Waals surface area contributed by atoms with Gasteiger partial charge in [-0.3, -0.25) is 9.59 Å². The van der Waals surface area contributed by atoms with Crippen LogP contribution in [0.5, 0.6) is 5.75 Å². The Morgan fingerprint density at radius 1 is 0.966 bits per heavy atom. The molecule has 146 valence electrons. The molecule has 29 heavy (non-hydrogen) atoms. The van der Waals surface area contributed by atoms with Gasteiger partial charge in [-0.05, 0) is 67.3 Å². The molecule has 1 amide bonds. The van der Waals surface area contributed by atoms with E-state index >= 15 is 0 Å². The number of fused-ring (bicyclic) bond motifs is 1. The molecule has 0 atom stereocenters. The van der Waals surface area contributed by atoms with Crippen molar-refractivity contribution in [3.05, 3.63) is 83.4 Å². The summed E-state index contributed by atoms with van der Waals surface area (Å²) in [6, 6.07) is 20.7. The van der Waals surface area contributed by atoms with Crippen LogP contribution in [0.1, 0.15) is 46.5 Å². The molecule has 0 radical (unpaired) electrons. The van der Waals surface area contributed by atoms with Crippen molar-refractivity contribution in [1.82, 2.24) is 0 Å². The van der Waals surface area contributed by atoms with Crippen LogP contribution in [-0.4, -0.2) is 17.8 Å². The molecule has 1 N–H and O–H groups in total. The van der Waals surface area contributed by atoms with E-state index in [1.54, 1.807) is 12.1 Å². The van der Waals surface area contributed by atoms with Crippen LogP contribution in [0.15, 0.2) is 66.7 Å². The summed E-state index contributed by atoms with van der Waals surface area (Å²) in [5, 5.41) is 2.92. The minimum atomic E-state index is -0.215. The highest BCUT2D eigenvalue weighted by atomic mass is 16.5. The van der Waals surface area contributed by atoms with Gasteiger partial charge >= 0.3 is 0 Å². The molecule has 4 rings (SSSR count). The Morgan fingerprint density at radius 2 is 1.76 bits per heavy atom. The largest absolute Gasteiger partial charge is 0.491 e. The van der Waals surface area contributed by atoms with E-state index in [1.807, 2.05) is 68.4 Å². The average molecular weight is 385 g/mol. The minimum Gasteiger partial charge on any atom is -0.491 e. The third kappa shape index (κ3) is 3.92. The summed E-state index contributed by atoms with van der Waals surface area (Å²) in [7, 11) is 0. The second-order valence-electron chi connectivity index (χ2n) is 7.45. The van der Waals surface area contributed by atoms with Gasteiger partial charge in [0.1, 0.15) is 5.75 Å². The zero-order valence-electron chi connectivity index (χ0n) is 16.6. The van der Waals surface area contributed by atoms with E-state index in [4.69, 9.17) is 4.74 Å². The summed E-state index contributed by atoms with van der Waals surface area (Å²) in [5.74, 6) is 0.657. The highest BCUT2D eigenvalue weighted by Crippen LogP contribution is 2.38. The smallest absolute Gasteiger partial charge is 0.255 e. The van der Waals surface area contributed by atoms with Gasteiger partial charge in [0.05, 0.1) is 11.8 Å². The molecular weight excluding hydrogens is 362 g/mol. The van der Waals surface area contributed by atoms with E-state index in [2.05, 4.69) is 5.32 Å². The molecule has 0 bridgehead atoms. The Kier molecular flexibility index (Phi) is 5.17. The maximum atomic E-state index is 12.6. The molecule has 0 unspecified atom stereocenters. The Morgan fingerprint density at radius 3 is 2.52 bits per heavy atom. The standard InChI is InChI=1S/C25H23NO3/c1-16(2)29-19-10-6-9-18(15-19)20-11-13-22(24-21(20)12-14-23(24)27)26-25(28)17-7-4-3-5-8-17/h3-11,13,15-16H,12,14H2,1-2H3,(H,26,28). The summed E-state index contributed by atoms with van der Waals surface area (Å²) in [6.07, 6.45) is 1.23. The van der Waals surface area contributed by atoms with Crippen molar-refractivity contribution in [1.29, 1.82) is 0 Å². The van der Waals surface area contributed by atoms with Crippen LogP contribution in [0.2, 0.25) is 0 Å². The predicted molar refractivity (Wildman–Crippen MR) is 115 cm³/mol. The monoisotopic (exact) mass is 385 g/mol. The molecule has 0 aromatic heterocycles. The summed E-state index contributed by atoms with van der Waals surface area (Å²) < 4.78 is 5.82. The zero-order valence-corrected chi connectivity index (χ0v) is 16.6. The van der Waals surface area contributed by atoms with Crippen molar-refractivity contribution < 1.29 is 14.3 Å². The molecule has 1 aliphatic rings. The molecule has 0 heterocycles. The second-order valence-corrected chi connectivity index (χ2v) is 7.45. The van der Waals surface area contributed by atoms with Crippen molar-refractivity contribution in [2.24, 2.45) is 0 Å². The van der Waals surface area contributed by atoms with Crippen molar-refractivity contribution >= 4 is 17.4 Å². The first-order chi connectivity index (χ1) is 14.0. The number of carbonyl (C=O) groups is 2. The molecule has 0 spiro atoms. The fourth-order valence-electron chi connectivity index (χ4n) is 3.76. The summed E-state index contributed by atoms with van der Waals surface area (Å²) >= 11 is 0. The first-order valence-corrected chi connectivity index (χ1v) is 9.85. The number of nitrogens with one attached hydrogen (secondary N) is 1. The van der Waals surface area contributed by atoms with Gasteiger partial charge < -0.3 is 10.1 Å². The molecule has 4 heteroatoms. The molecule has 1 aliphatic carbocycles. The lowest BCUT2D eigenvalue weighted by Crippen LogP contribution is -2.14. The highest BCUT2D eigenvalue weighted by molar-refractivity contribution is 6.12. The number of ketones is 1. The lowest BCUT2D eigenvalue weighted by molar-refractivity contribution is 0.0995. The van der Waals surface area contributed by atoms with Crippen molar-refractivity contribution in [3.8, 4) is 16.9 Å². The maximum absolute atomic E-state index is 12.6. The number of rotatable bonds is 5. The van der Waals surface area contributed by atoms with E-state index < -0.39 is 0 Å². The normalized spacial score (nSPS) is 12.7. The second kappa shape index (κ2) is 7.92. The Bertz CT molecular complexity index is 1070. The fraction of sp³-hybridized carbons (Fsp3) is 0.200. The third-order valence-corrected chi connectivity index (χ3v) is 4.99. The van der Waals surface area contributed by atoms with Gasteiger partial charge in [0.2, 0.25) is 0 Å². The first-order valence-electron chi connectivity index (χ1n) is 9.85. The number of hydrogen-bond donors (Lipinski definition) is 1. The van der Waals surface area contributed by atoms with E-state index in [9.17, 15) is 9.59 Å². The number of anilines is 1. The summed E-state index contributed by atoms with van der Waals surface area (Å²) in [5.41, 5.74) is 4.78. The average Bonchev–Trinajstić information content (AvgIpc) is 3.11. The van der Waals surface area contributed by atoms with Gasteiger partial charge in [0.25, 0.3) is 5.91 Å². The molecule has 3 aromatic carbocycles. The number of amides is 1. The number of carbonyl (C=O) groups excluding carboxylic acids is 2. The van der Waals surface area contributed by atoms with E-state index in [0.717, 1.165) is 22.4 Å². The molecule has 0 saturated heterocycles. The van der Waals surface area contributed by atoms with Crippen LogP contribution < -0.4 is 10.1 Å². The lowest BCUT2D eigenvalue weighted by atomic mass is 9.95. The maximum Gasteiger partial charge on any atom is 0.255 e. The molecule has 4 nitrogen and oxygen atoms in total. The van der Waals surface area contributed by atoms with Crippen molar-refractivity contribution in [2.75, 3.05) is 5.32 Å². The number of Topliss-reactive ketones (excluding diaryl/α,β-unsaturated/α-hetero) is 1. The van der Waals surface area contributed by atoms with Gasteiger partial charge in [-0.1, -0.05) is 36.4 Å². The number of hydrogen-bond acceptors (Lipinski definition) is 3. The summed E-state index contributed by atoms with van der Waals surface area (Å²) in [4.78, 5) is 25.2. The Labute approximate surface area is 170 Å². The zero-order chi connectivity index (χ0) is 20.4. The molecule has 0 fully saturated rings. The quantitative estimate of drug-likeness (QED) is 0.629. The first kappa shape index (κ1) is 18.9. The van der Waals surface area contributed by atoms with Crippen LogP contribution in [0.4, 0.5) is 5.69 Å². The van der Waals surface area contributed by atoms with Gasteiger partial charge in [-0.15, -0.1) is 0 Å². The number of ether oxygens (including phenoxy) is 1. The molecule has 0 saturated carbocycles. The van der Waals surface area contributed by atoms with Crippen molar-refractivity contribution in [3.63, 3.8) is 0 Å². The topological polar surface area (TPSA) is 55.4 Å². The highest BCUT2D eigenvalue weighted by Gasteiger charge is 2.27. The minimum absolute atomic E-state index is 0.0693. The van der Waals surface area contributed by atoms with Gasteiger partial charge in [0, 0.05) is 17.5 Å². The van der Waals surface area contributed by atoms with Crippen LogP contribution in [0.3, 0.4) is 0 Å². The van der Waals surface area contributed by atoms with Crippen LogP contribution in [0, 0.1) is 0 Å². The van der Waals surface area contributed by atoms with Crippen molar-refractivity contribution in [2.45, 2.75) is 32.8 Å². The lowest BCUT2D eigenvalue weighted by Gasteiger charge is -2.15. The Balaban J connectivity index is 1.71. The van der Waals surface area contributed by atoms with Gasteiger partial charge in [-0.2, -0.15) is 0 Å². The van der Waals surface area contributed by atoms with Crippen LogP contribution in [0.25, 0.3) is 11.1 Å². The van der Waals surface area contributed by atoms with Crippen LogP contribution >= 0.6 is 0 Å². The SMILES string of the molecule is CC(C)Oc1cccc(-c2ccc(NC(=O)c3ccccc3)c3c2CCC3=O)c1. The fourth-order valence-corrected chi connectivity index (χ4v) is 3.76. The van der Waals surface area contributed by atoms with E-state index in [1.165, 1.54) is 0 Å².